The maximum atomic E-state index is 8.12. The van der Waals surface area contributed by atoms with E-state index in [0.717, 1.165) is 11.0 Å². The maximum absolute atomic E-state index is 8.12. The minimum absolute atomic E-state index is 0.271. The molecule has 0 saturated heterocycles. The Morgan fingerprint density at radius 1 is 1.50 bits per heavy atom. The smallest absolute Gasteiger partial charge is 0.151 e. The molecule has 0 bridgehead atoms. The number of hydrogen-bond donors (Lipinski definition) is 1. The van der Waals surface area contributed by atoms with Crippen molar-refractivity contribution in [2.24, 2.45) is 5.11 Å². The Balaban J connectivity index is 2.67. The predicted molar refractivity (Wildman–Crippen MR) is 42.7 cm³/mol. The molecule has 0 spiro atoms. The fourth-order valence-corrected chi connectivity index (χ4v) is 0.935. The monoisotopic (exact) mass is 160 g/mol. The van der Waals surface area contributed by atoms with E-state index in [1.807, 2.05) is 0 Å². The van der Waals surface area contributed by atoms with Crippen molar-refractivity contribution in [3.05, 3.63) is 28.8 Å². The Hall–Kier alpha value is -2.07. The van der Waals surface area contributed by atoms with Gasteiger partial charge in [0, 0.05) is 11.1 Å². The van der Waals surface area contributed by atoms with Gasteiger partial charge in [-0.1, -0.05) is 0 Å². The molecular weight excluding hydrogens is 156 g/mol. The third-order valence-electron chi connectivity index (χ3n) is 1.44. The summed E-state index contributed by atoms with van der Waals surface area (Å²) in [6.07, 6.45) is 1.75. The highest BCUT2D eigenvalue weighted by Gasteiger charge is 1.96. The van der Waals surface area contributed by atoms with Gasteiger partial charge in [0.1, 0.15) is 5.52 Å². The molecule has 0 unspecified atom stereocenters. The second-order valence-corrected chi connectivity index (χ2v) is 2.17. The highest BCUT2D eigenvalue weighted by Crippen LogP contribution is 2.13. The first-order chi connectivity index (χ1) is 5.90. The number of H-pyrrole nitrogens is 1. The highest BCUT2D eigenvalue weighted by atomic mass is 15.2. The summed E-state index contributed by atoms with van der Waals surface area (Å²) in [5.41, 5.74) is 9.69. The Kier molecular flexibility index (Phi) is 1.39. The van der Waals surface area contributed by atoms with Gasteiger partial charge in [0.05, 0.1) is 5.52 Å². The molecule has 1 N–H and O–H groups in total. The van der Waals surface area contributed by atoms with Crippen molar-refractivity contribution in [1.29, 1.82) is 0 Å². The van der Waals surface area contributed by atoms with Crippen LogP contribution in [0.1, 0.15) is 0 Å². The lowest BCUT2D eigenvalue weighted by atomic mass is 10.4. The summed E-state index contributed by atoms with van der Waals surface area (Å²) < 4.78 is 0. The summed E-state index contributed by atoms with van der Waals surface area (Å²) in [5.74, 6) is 0.271. The Labute approximate surface area is 66.9 Å². The summed E-state index contributed by atoms with van der Waals surface area (Å²) in [5, 5.41) is 10.8. The fourth-order valence-electron chi connectivity index (χ4n) is 0.935. The van der Waals surface area contributed by atoms with E-state index in [1.54, 1.807) is 18.3 Å². The Morgan fingerprint density at radius 2 is 2.42 bits per heavy atom. The van der Waals surface area contributed by atoms with E-state index < -0.39 is 0 Å². The van der Waals surface area contributed by atoms with Crippen molar-refractivity contribution in [1.82, 2.24) is 15.2 Å². The Bertz CT molecular complexity index is 452. The minimum Gasteiger partial charge on any atom is -0.360 e. The van der Waals surface area contributed by atoms with Gasteiger partial charge < -0.3 is 4.98 Å². The molecule has 0 aliphatic heterocycles. The van der Waals surface area contributed by atoms with Crippen LogP contribution in [0.15, 0.2) is 23.4 Å². The van der Waals surface area contributed by atoms with E-state index in [1.165, 1.54) is 0 Å². The molecule has 58 valence electrons. The summed E-state index contributed by atoms with van der Waals surface area (Å²) >= 11 is 0. The third kappa shape index (κ3) is 0.959. The molecule has 12 heavy (non-hydrogen) atoms. The van der Waals surface area contributed by atoms with Crippen LogP contribution < -0.4 is 0 Å². The lowest BCUT2D eigenvalue weighted by Gasteiger charge is -1.88. The average molecular weight is 160 g/mol. The van der Waals surface area contributed by atoms with Crippen molar-refractivity contribution in [3.63, 3.8) is 0 Å². The number of fused-ring (bicyclic) bond motifs is 1. The standard InChI is InChI=1S/C6H4N6/c7-12-11-6-3-5-4(9-10-6)1-2-8-5/h1-3,8H. The van der Waals surface area contributed by atoms with Crippen LogP contribution in [-0.4, -0.2) is 15.2 Å². The molecule has 0 aliphatic rings. The number of nitrogens with one attached hydrogen (secondary N) is 1. The zero-order valence-electron chi connectivity index (χ0n) is 5.97. The summed E-state index contributed by atoms with van der Waals surface area (Å²) in [6.45, 7) is 0. The van der Waals surface area contributed by atoms with E-state index in [4.69, 9.17) is 5.53 Å². The van der Waals surface area contributed by atoms with Gasteiger partial charge in [-0.05, 0) is 22.8 Å². The van der Waals surface area contributed by atoms with Gasteiger partial charge >= 0.3 is 0 Å². The quantitative estimate of drug-likeness (QED) is 0.392. The molecule has 2 aromatic rings. The number of azide groups is 1. The molecule has 0 aliphatic carbocycles. The van der Waals surface area contributed by atoms with Crippen LogP contribution in [0.5, 0.6) is 0 Å². The molecule has 0 radical (unpaired) electrons. The van der Waals surface area contributed by atoms with Gasteiger partial charge in [0.15, 0.2) is 5.82 Å². The van der Waals surface area contributed by atoms with E-state index in [2.05, 4.69) is 25.2 Å². The second-order valence-electron chi connectivity index (χ2n) is 2.17. The van der Waals surface area contributed by atoms with Crippen molar-refractivity contribution >= 4 is 16.9 Å². The van der Waals surface area contributed by atoms with Crippen LogP contribution in [0.25, 0.3) is 21.5 Å². The largest absolute Gasteiger partial charge is 0.360 e. The van der Waals surface area contributed by atoms with Gasteiger partial charge in [-0.2, -0.15) is 0 Å². The molecule has 0 saturated carbocycles. The highest BCUT2D eigenvalue weighted by molar-refractivity contribution is 5.75. The fraction of sp³-hybridized carbons (Fsp3) is 0. The third-order valence-corrected chi connectivity index (χ3v) is 1.44. The van der Waals surface area contributed by atoms with E-state index in [9.17, 15) is 0 Å². The van der Waals surface area contributed by atoms with Crippen molar-refractivity contribution in [2.75, 3.05) is 0 Å². The number of rotatable bonds is 1. The van der Waals surface area contributed by atoms with E-state index in [0.29, 0.717) is 0 Å². The van der Waals surface area contributed by atoms with Crippen molar-refractivity contribution in [2.45, 2.75) is 0 Å². The number of aromatic amines is 1. The molecule has 6 heteroatoms. The molecule has 0 aromatic carbocycles. The first-order valence-corrected chi connectivity index (χ1v) is 3.26. The van der Waals surface area contributed by atoms with Crippen LogP contribution in [0.4, 0.5) is 5.82 Å². The second kappa shape index (κ2) is 2.52. The van der Waals surface area contributed by atoms with Gasteiger partial charge in [-0.15, -0.1) is 10.2 Å². The molecule has 2 aromatic heterocycles. The molecular formula is C6H4N6. The molecule has 0 fully saturated rings. The van der Waals surface area contributed by atoms with Gasteiger partial charge in [0.25, 0.3) is 0 Å². The van der Waals surface area contributed by atoms with Crippen LogP contribution in [0.2, 0.25) is 0 Å². The summed E-state index contributed by atoms with van der Waals surface area (Å²) in [4.78, 5) is 5.54. The lowest BCUT2D eigenvalue weighted by molar-refractivity contribution is 1.06. The molecule has 2 rings (SSSR count). The van der Waals surface area contributed by atoms with Crippen molar-refractivity contribution < 1.29 is 0 Å². The van der Waals surface area contributed by atoms with Crippen LogP contribution >= 0.6 is 0 Å². The first-order valence-electron chi connectivity index (χ1n) is 3.26. The molecule has 0 atom stereocenters. The van der Waals surface area contributed by atoms with Crippen molar-refractivity contribution in [3.8, 4) is 0 Å². The van der Waals surface area contributed by atoms with Crippen LogP contribution in [0, 0.1) is 0 Å². The molecule has 0 amide bonds. The van der Waals surface area contributed by atoms with E-state index >= 15 is 0 Å². The summed E-state index contributed by atoms with van der Waals surface area (Å²) in [7, 11) is 0. The van der Waals surface area contributed by atoms with Crippen LogP contribution in [0.3, 0.4) is 0 Å². The number of aromatic nitrogens is 3. The zero-order valence-corrected chi connectivity index (χ0v) is 5.97. The zero-order chi connectivity index (χ0) is 8.39. The minimum atomic E-state index is 0.271. The van der Waals surface area contributed by atoms with Gasteiger partial charge in [-0.3, -0.25) is 0 Å². The van der Waals surface area contributed by atoms with Crippen LogP contribution in [-0.2, 0) is 0 Å². The topological polar surface area (TPSA) is 90.3 Å². The molecule has 2 heterocycles. The first kappa shape index (κ1) is 6.63. The normalized spacial score (nSPS) is 9.67. The predicted octanol–water partition coefficient (Wildman–Crippen LogP) is 1.90. The average Bonchev–Trinajstić information content (AvgIpc) is 2.51. The molecule has 6 nitrogen and oxygen atoms in total. The number of hydrogen-bond acceptors (Lipinski definition) is 3. The number of nitrogens with zero attached hydrogens (tertiary/aromatic N) is 5. The van der Waals surface area contributed by atoms with Gasteiger partial charge in [-0.25, -0.2) is 0 Å². The lowest BCUT2D eigenvalue weighted by Crippen LogP contribution is -1.79. The van der Waals surface area contributed by atoms with E-state index in [-0.39, 0.29) is 5.82 Å². The maximum Gasteiger partial charge on any atom is 0.151 e. The summed E-state index contributed by atoms with van der Waals surface area (Å²) in [6, 6.07) is 3.43. The Morgan fingerprint density at radius 3 is 3.25 bits per heavy atom. The van der Waals surface area contributed by atoms with Gasteiger partial charge in [0.2, 0.25) is 0 Å². The SMILES string of the molecule is [N-]=[N+]=Nc1cc2[nH]ccc2nn1.